The van der Waals surface area contributed by atoms with E-state index in [0.717, 1.165) is 23.2 Å². The summed E-state index contributed by atoms with van der Waals surface area (Å²) >= 11 is 0. The number of hydrogen-bond acceptors (Lipinski definition) is 2. The van der Waals surface area contributed by atoms with Crippen molar-refractivity contribution in [2.24, 2.45) is 10.7 Å². The van der Waals surface area contributed by atoms with Gasteiger partial charge in [-0.1, -0.05) is 206 Å². The SMILES string of the molecule is C=N/C(=C\Cc1ccccc1)c1ccccc1.NCc1cccc(-c2ccc(-c3ccc4c(c3)-c3ccccc3C4(c3ccccc3)c3ccccc3)cc2)c1. The fourth-order valence-electron chi connectivity index (χ4n) is 8.07. The monoisotopic (exact) mass is 720 g/mol. The second kappa shape index (κ2) is 16.7. The van der Waals surface area contributed by atoms with Crippen molar-refractivity contribution in [3.05, 3.63) is 257 Å². The molecular weight excluding hydrogens is 677 g/mol. The van der Waals surface area contributed by atoms with E-state index in [1.807, 2.05) is 48.5 Å². The molecule has 0 atom stereocenters. The number of hydrogen-bond donors (Lipinski definition) is 1. The van der Waals surface area contributed by atoms with Gasteiger partial charge in [-0.2, -0.15) is 0 Å². The first kappa shape index (κ1) is 36.1. The van der Waals surface area contributed by atoms with E-state index in [0.29, 0.717) is 6.54 Å². The van der Waals surface area contributed by atoms with Gasteiger partial charge in [0.25, 0.3) is 0 Å². The largest absolute Gasteiger partial charge is 0.326 e. The van der Waals surface area contributed by atoms with Crippen LogP contribution in [0.1, 0.15) is 38.9 Å². The van der Waals surface area contributed by atoms with Crippen LogP contribution in [-0.2, 0) is 18.4 Å². The Morgan fingerprint density at radius 1 is 0.464 bits per heavy atom. The zero-order chi connectivity index (χ0) is 38.2. The van der Waals surface area contributed by atoms with E-state index in [1.54, 1.807) is 0 Å². The Morgan fingerprint density at radius 3 is 1.57 bits per heavy atom. The van der Waals surface area contributed by atoms with Crippen LogP contribution in [0.5, 0.6) is 0 Å². The van der Waals surface area contributed by atoms with Gasteiger partial charge in [0.15, 0.2) is 0 Å². The first-order valence-electron chi connectivity index (χ1n) is 19.2. The quantitative estimate of drug-likeness (QED) is 0.148. The molecule has 2 N–H and O–H groups in total. The smallest absolute Gasteiger partial charge is 0.0713 e. The van der Waals surface area contributed by atoms with Gasteiger partial charge in [0, 0.05) is 6.54 Å². The standard InChI is InChI=1S/C38H29N.C16H15N/c39-26-27-10-9-11-30(24-27)28-18-20-29(21-19-28)31-22-23-37-35(25-31)34-16-7-8-17-36(34)38(37,32-12-3-1-4-13-32)33-14-5-2-6-15-33;1-17-16(15-10-6-3-7-11-15)13-12-14-8-4-2-5-9-14/h1-25H,26,39H2;2-11,13H,1,12H2/b;16-13-. The van der Waals surface area contributed by atoms with Gasteiger partial charge in [0.05, 0.1) is 11.1 Å². The molecule has 56 heavy (non-hydrogen) atoms. The summed E-state index contributed by atoms with van der Waals surface area (Å²) in [5.41, 5.74) is 22.7. The maximum absolute atomic E-state index is 5.87. The number of aliphatic imine (C=N–C) groups is 1. The van der Waals surface area contributed by atoms with Gasteiger partial charge in [-0.05, 0) is 97.6 Å². The molecule has 0 bridgehead atoms. The predicted molar refractivity (Wildman–Crippen MR) is 237 cm³/mol. The van der Waals surface area contributed by atoms with Crippen LogP contribution in [0, 0.1) is 0 Å². The highest BCUT2D eigenvalue weighted by Crippen LogP contribution is 2.56. The lowest BCUT2D eigenvalue weighted by Crippen LogP contribution is -2.28. The third-order valence-electron chi connectivity index (χ3n) is 10.8. The van der Waals surface area contributed by atoms with Crippen molar-refractivity contribution in [1.29, 1.82) is 0 Å². The summed E-state index contributed by atoms with van der Waals surface area (Å²) < 4.78 is 0. The number of allylic oxidation sites excluding steroid dienone is 1. The van der Waals surface area contributed by atoms with Gasteiger partial charge in [-0.3, -0.25) is 4.99 Å². The lowest BCUT2D eigenvalue weighted by molar-refractivity contribution is 0.768. The van der Waals surface area contributed by atoms with Crippen molar-refractivity contribution in [1.82, 2.24) is 0 Å². The summed E-state index contributed by atoms with van der Waals surface area (Å²) in [6.45, 7) is 4.18. The third kappa shape index (κ3) is 7.19. The highest BCUT2D eigenvalue weighted by Gasteiger charge is 2.45. The highest BCUT2D eigenvalue weighted by atomic mass is 14.7. The Bertz CT molecular complexity index is 2530. The first-order valence-corrected chi connectivity index (χ1v) is 19.2. The minimum Gasteiger partial charge on any atom is -0.326 e. The van der Waals surface area contributed by atoms with Crippen LogP contribution in [0.15, 0.2) is 223 Å². The molecule has 0 saturated carbocycles. The third-order valence-corrected chi connectivity index (χ3v) is 10.8. The number of nitrogens with two attached hydrogens (primary N) is 1. The lowest BCUT2D eigenvalue weighted by atomic mass is 9.67. The molecular formula is C54H44N2. The van der Waals surface area contributed by atoms with E-state index >= 15 is 0 Å². The van der Waals surface area contributed by atoms with Gasteiger partial charge in [-0.15, -0.1) is 0 Å². The molecule has 1 aliphatic carbocycles. The molecule has 270 valence electrons. The Labute approximate surface area is 331 Å². The van der Waals surface area contributed by atoms with E-state index in [4.69, 9.17) is 5.73 Å². The van der Waals surface area contributed by atoms with Gasteiger partial charge >= 0.3 is 0 Å². The van der Waals surface area contributed by atoms with Gasteiger partial charge in [0.1, 0.15) is 0 Å². The second-order valence-electron chi connectivity index (χ2n) is 14.1. The molecule has 0 radical (unpaired) electrons. The fraction of sp³-hybridized carbons (Fsp3) is 0.0556. The average molecular weight is 721 g/mol. The van der Waals surface area contributed by atoms with Crippen LogP contribution in [0.25, 0.3) is 39.1 Å². The summed E-state index contributed by atoms with van der Waals surface area (Å²) in [4.78, 5) is 4.08. The number of nitrogens with zero attached hydrogens (tertiary/aromatic N) is 1. The molecule has 8 aromatic rings. The molecule has 0 heterocycles. The van der Waals surface area contributed by atoms with Crippen molar-refractivity contribution in [3.8, 4) is 33.4 Å². The molecule has 0 spiro atoms. The van der Waals surface area contributed by atoms with Crippen LogP contribution in [0.2, 0.25) is 0 Å². The molecule has 0 fully saturated rings. The minimum atomic E-state index is -0.356. The Morgan fingerprint density at radius 2 is 0.964 bits per heavy atom. The van der Waals surface area contributed by atoms with Crippen molar-refractivity contribution in [2.75, 3.05) is 0 Å². The fourth-order valence-corrected chi connectivity index (χ4v) is 8.07. The van der Waals surface area contributed by atoms with E-state index in [9.17, 15) is 0 Å². The van der Waals surface area contributed by atoms with Crippen molar-refractivity contribution >= 4 is 12.4 Å². The van der Waals surface area contributed by atoms with Gasteiger partial charge in [-0.25, -0.2) is 0 Å². The molecule has 1 aliphatic rings. The molecule has 9 rings (SSSR count). The summed E-state index contributed by atoms with van der Waals surface area (Å²) in [5.74, 6) is 0. The molecule has 2 nitrogen and oxygen atoms in total. The second-order valence-corrected chi connectivity index (χ2v) is 14.1. The summed E-state index contributed by atoms with van der Waals surface area (Å²) in [7, 11) is 0. The van der Waals surface area contributed by atoms with Crippen molar-refractivity contribution in [3.63, 3.8) is 0 Å². The maximum atomic E-state index is 5.87. The van der Waals surface area contributed by atoms with Crippen molar-refractivity contribution < 1.29 is 0 Å². The molecule has 0 aromatic heterocycles. The van der Waals surface area contributed by atoms with E-state index < -0.39 is 0 Å². The van der Waals surface area contributed by atoms with Gasteiger partial charge < -0.3 is 5.73 Å². The number of rotatable bonds is 9. The Balaban J connectivity index is 0.000000218. The Kier molecular flexibility index (Phi) is 10.7. The predicted octanol–water partition coefficient (Wildman–Crippen LogP) is 12.8. The topological polar surface area (TPSA) is 38.4 Å². The molecule has 0 amide bonds. The van der Waals surface area contributed by atoms with E-state index in [2.05, 4.69) is 182 Å². The van der Waals surface area contributed by atoms with Crippen LogP contribution in [0.4, 0.5) is 0 Å². The molecule has 2 heteroatoms. The number of benzene rings is 8. The summed E-state index contributed by atoms with van der Waals surface area (Å²) in [6.07, 6.45) is 2.99. The Hall–Kier alpha value is -6.87. The van der Waals surface area contributed by atoms with E-state index in [1.165, 1.54) is 61.2 Å². The summed E-state index contributed by atoms with van der Waals surface area (Å²) in [6, 6.07) is 75.6. The highest BCUT2D eigenvalue weighted by molar-refractivity contribution is 5.89. The maximum Gasteiger partial charge on any atom is 0.0713 e. The molecule has 0 unspecified atom stereocenters. The first-order chi connectivity index (χ1) is 27.7. The lowest BCUT2D eigenvalue weighted by Gasteiger charge is -2.33. The average Bonchev–Trinajstić information content (AvgIpc) is 3.59. The zero-order valence-electron chi connectivity index (χ0n) is 31.4. The summed E-state index contributed by atoms with van der Waals surface area (Å²) in [5, 5.41) is 0. The normalized spacial score (nSPS) is 12.5. The minimum absolute atomic E-state index is 0.356. The van der Waals surface area contributed by atoms with Crippen molar-refractivity contribution in [2.45, 2.75) is 18.4 Å². The molecule has 0 aliphatic heterocycles. The zero-order valence-corrected chi connectivity index (χ0v) is 31.4. The number of fused-ring (bicyclic) bond motifs is 3. The van der Waals surface area contributed by atoms with Crippen LogP contribution in [-0.4, -0.2) is 6.72 Å². The van der Waals surface area contributed by atoms with Crippen LogP contribution in [0.3, 0.4) is 0 Å². The van der Waals surface area contributed by atoms with E-state index in [-0.39, 0.29) is 5.41 Å². The van der Waals surface area contributed by atoms with Crippen LogP contribution < -0.4 is 5.73 Å². The molecule has 8 aromatic carbocycles. The van der Waals surface area contributed by atoms with Crippen LogP contribution >= 0.6 is 0 Å². The van der Waals surface area contributed by atoms with Gasteiger partial charge in [0.2, 0.25) is 0 Å². The molecule has 0 saturated heterocycles.